The molecule has 3 nitrogen and oxygen atoms in total. The summed E-state index contributed by atoms with van der Waals surface area (Å²) in [6.07, 6.45) is 3.07. The van der Waals surface area contributed by atoms with Crippen LogP contribution in [0.4, 0.5) is 4.39 Å². The van der Waals surface area contributed by atoms with Crippen LogP contribution < -0.4 is 0 Å². The molecule has 0 saturated carbocycles. The number of halogens is 1. The van der Waals surface area contributed by atoms with Crippen molar-refractivity contribution in [2.24, 2.45) is 10.8 Å². The molecule has 0 bridgehead atoms. The van der Waals surface area contributed by atoms with E-state index in [1.165, 1.54) is 11.6 Å². The summed E-state index contributed by atoms with van der Waals surface area (Å²) in [7, 11) is 0. The third kappa shape index (κ3) is 7.34. The van der Waals surface area contributed by atoms with Gasteiger partial charge in [-0.2, -0.15) is 0 Å². The fourth-order valence-electron chi connectivity index (χ4n) is 3.79. The second-order valence-electron chi connectivity index (χ2n) is 11.3. The second-order valence-corrected chi connectivity index (χ2v) is 11.3. The van der Waals surface area contributed by atoms with E-state index >= 15 is 0 Å². The number of benzene rings is 3. The van der Waals surface area contributed by atoms with Crippen molar-refractivity contribution in [3.63, 3.8) is 0 Å². The van der Waals surface area contributed by atoms with Crippen LogP contribution in [0.1, 0.15) is 52.7 Å². The molecule has 0 aliphatic carbocycles. The van der Waals surface area contributed by atoms with Crippen molar-refractivity contribution in [3.05, 3.63) is 89.6 Å². The normalized spacial score (nSPS) is 12.1. The minimum atomic E-state index is -0.417. The number of aryl methyl sites for hydroxylation is 2. The van der Waals surface area contributed by atoms with E-state index in [4.69, 9.17) is 0 Å². The van der Waals surface area contributed by atoms with Crippen molar-refractivity contribution in [1.29, 1.82) is 0 Å². The molecule has 5 heteroatoms. The summed E-state index contributed by atoms with van der Waals surface area (Å²) in [6.45, 7) is 15.2. The van der Waals surface area contributed by atoms with E-state index in [1.54, 1.807) is 12.3 Å². The van der Waals surface area contributed by atoms with Crippen molar-refractivity contribution >= 4 is 27.3 Å². The monoisotopic (exact) mass is 677 g/mol. The molecule has 1 aromatic heterocycles. The number of aromatic nitrogens is 1. The number of allylic oxidation sites excluding steroid dienone is 2. The molecule has 0 unspecified atom stereocenters. The van der Waals surface area contributed by atoms with Gasteiger partial charge < -0.3 is 10.1 Å². The van der Waals surface area contributed by atoms with Crippen LogP contribution in [-0.2, 0) is 24.9 Å². The number of pyridine rings is 1. The number of carbonyl (C=O) groups is 1. The number of hydrogen-bond acceptors (Lipinski definition) is 3. The Hall–Kier alpha value is -2.88. The molecule has 37 heavy (non-hydrogen) atoms. The predicted molar refractivity (Wildman–Crippen MR) is 148 cm³/mol. The van der Waals surface area contributed by atoms with Gasteiger partial charge in [-0.1, -0.05) is 79.7 Å². The van der Waals surface area contributed by atoms with E-state index in [-0.39, 0.29) is 42.9 Å². The van der Waals surface area contributed by atoms with E-state index < -0.39 is 5.41 Å². The zero-order chi connectivity index (χ0) is 26.8. The van der Waals surface area contributed by atoms with Crippen LogP contribution in [-0.4, -0.2) is 15.9 Å². The van der Waals surface area contributed by atoms with Gasteiger partial charge in [-0.3, -0.25) is 4.79 Å². The molecule has 4 aromatic rings. The molecule has 3 aromatic carbocycles. The minimum Gasteiger partial charge on any atom is -0.512 e. The van der Waals surface area contributed by atoms with E-state index in [1.807, 2.05) is 78.8 Å². The molecular weight excluding hydrogens is 642 g/mol. The largest absolute Gasteiger partial charge is 0.512 e. The number of aliphatic hydroxyl groups is 1. The molecule has 0 amide bonds. The molecule has 1 heterocycles. The van der Waals surface area contributed by atoms with Crippen LogP contribution in [0.2, 0.25) is 0 Å². The standard InChI is InChI=1S/C21H15FN.C11H20O2.Ir/c1-13-9-14(2)11-16(10-13)21-20-15(7-8-23-21)12-19(22)17-5-3-4-6-18(17)20;1-10(2,3)8(12)7-9(13)11(4,5)6;/h3-10,12H,1-2H3;7,12H,1-6H3;/q-1;;. The van der Waals surface area contributed by atoms with Crippen molar-refractivity contribution in [2.75, 3.05) is 0 Å². The summed E-state index contributed by atoms with van der Waals surface area (Å²) < 4.78 is 14.4. The van der Waals surface area contributed by atoms with E-state index in [2.05, 4.69) is 30.1 Å². The smallest absolute Gasteiger partial charge is 0.164 e. The molecule has 197 valence electrons. The Morgan fingerprint density at radius 3 is 2.14 bits per heavy atom. The Kier molecular flexibility index (Phi) is 9.57. The summed E-state index contributed by atoms with van der Waals surface area (Å²) in [5.41, 5.74) is 3.28. The summed E-state index contributed by atoms with van der Waals surface area (Å²) in [5.74, 6) is -0.0954. The molecule has 1 N–H and O–H groups in total. The number of fused-ring (bicyclic) bond motifs is 3. The van der Waals surface area contributed by atoms with Gasteiger partial charge >= 0.3 is 0 Å². The number of hydrogen-bond donors (Lipinski definition) is 1. The van der Waals surface area contributed by atoms with Gasteiger partial charge in [0.05, 0.1) is 0 Å². The fraction of sp³-hybridized carbons (Fsp3) is 0.312. The average Bonchev–Trinajstić information content (AvgIpc) is 2.77. The average molecular weight is 677 g/mol. The van der Waals surface area contributed by atoms with Gasteiger partial charge in [-0.15, -0.1) is 34.9 Å². The maximum atomic E-state index is 14.4. The number of rotatable bonds is 2. The molecule has 0 aliphatic heterocycles. The molecule has 0 fully saturated rings. The van der Waals surface area contributed by atoms with E-state index in [0.29, 0.717) is 5.39 Å². The maximum absolute atomic E-state index is 14.4. The van der Waals surface area contributed by atoms with Gasteiger partial charge in [0, 0.05) is 48.6 Å². The second kappa shape index (κ2) is 11.7. The van der Waals surface area contributed by atoms with Gasteiger partial charge in [0.2, 0.25) is 0 Å². The molecular formula is C32H35FIrNO2-. The van der Waals surface area contributed by atoms with Gasteiger partial charge in [0.25, 0.3) is 0 Å². The van der Waals surface area contributed by atoms with E-state index in [0.717, 1.165) is 33.0 Å². The summed E-state index contributed by atoms with van der Waals surface area (Å²) in [4.78, 5) is 16.1. The van der Waals surface area contributed by atoms with Crippen molar-refractivity contribution in [3.8, 4) is 11.3 Å². The van der Waals surface area contributed by atoms with Crippen molar-refractivity contribution in [1.82, 2.24) is 4.98 Å². The molecule has 0 spiro atoms. The first-order valence-electron chi connectivity index (χ1n) is 12.1. The van der Waals surface area contributed by atoms with Crippen molar-refractivity contribution in [2.45, 2.75) is 55.4 Å². The van der Waals surface area contributed by atoms with E-state index in [9.17, 15) is 14.3 Å². The molecule has 0 saturated heterocycles. The zero-order valence-electron chi connectivity index (χ0n) is 22.8. The Morgan fingerprint density at radius 2 is 1.57 bits per heavy atom. The molecule has 4 rings (SSSR count). The Bertz CT molecular complexity index is 1440. The van der Waals surface area contributed by atoms with Crippen LogP contribution in [0.5, 0.6) is 0 Å². The zero-order valence-corrected chi connectivity index (χ0v) is 25.2. The first-order chi connectivity index (χ1) is 16.7. The van der Waals surface area contributed by atoms with Crippen LogP contribution in [0, 0.1) is 36.6 Å². The van der Waals surface area contributed by atoms with Crippen LogP contribution in [0.3, 0.4) is 0 Å². The number of ketones is 1. The quantitative estimate of drug-likeness (QED) is 0.100. The Balaban J connectivity index is 0.000000299. The van der Waals surface area contributed by atoms with Gasteiger partial charge in [-0.25, -0.2) is 4.39 Å². The van der Waals surface area contributed by atoms with Gasteiger partial charge in [0.15, 0.2) is 5.78 Å². The summed E-state index contributed by atoms with van der Waals surface area (Å²) >= 11 is 0. The molecule has 0 atom stereocenters. The third-order valence-electron chi connectivity index (χ3n) is 5.90. The maximum Gasteiger partial charge on any atom is 0.164 e. The Morgan fingerprint density at radius 1 is 0.946 bits per heavy atom. The third-order valence-corrected chi connectivity index (χ3v) is 5.90. The van der Waals surface area contributed by atoms with Crippen LogP contribution >= 0.6 is 0 Å². The van der Waals surface area contributed by atoms with Crippen molar-refractivity contribution < 1.29 is 34.4 Å². The Labute approximate surface area is 233 Å². The predicted octanol–water partition coefficient (Wildman–Crippen LogP) is 8.70. The first kappa shape index (κ1) is 30.3. The topological polar surface area (TPSA) is 50.2 Å². The molecule has 0 aliphatic rings. The fourth-order valence-corrected chi connectivity index (χ4v) is 3.79. The molecule has 1 radical (unpaired) electrons. The number of aliphatic hydroxyl groups excluding tert-OH is 1. The van der Waals surface area contributed by atoms with Gasteiger partial charge in [0.1, 0.15) is 11.6 Å². The number of nitrogens with zero attached hydrogens (tertiary/aromatic N) is 1. The minimum absolute atomic E-state index is 0. The van der Waals surface area contributed by atoms with Crippen LogP contribution in [0.15, 0.2) is 66.6 Å². The number of carbonyl (C=O) groups excluding carboxylic acids is 1. The van der Waals surface area contributed by atoms with Crippen LogP contribution in [0.25, 0.3) is 32.8 Å². The van der Waals surface area contributed by atoms with Gasteiger partial charge in [-0.05, 0) is 34.0 Å². The summed E-state index contributed by atoms with van der Waals surface area (Å²) in [5, 5.41) is 12.9. The SMILES string of the molecule is CC(C)(C)C(=O)C=C(O)C(C)(C)C.Cc1[c-]c(-c2nccc3cc(F)c4ccccc4c23)cc(C)c1.[Ir]. The summed E-state index contributed by atoms with van der Waals surface area (Å²) in [6, 6.07) is 18.5. The first-order valence-corrected chi connectivity index (χ1v) is 12.1.